The summed E-state index contributed by atoms with van der Waals surface area (Å²) in [5.74, 6) is -0.299. The summed E-state index contributed by atoms with van der Waals surface area (Å²) in [5.41, 5.74) is 1.52. The van der Waals surface area contributed by atoms with Crippen molar-refractivity contribution in [3.63, 3.8) is 0 Å². The Labute approximate surface area is 183 Å². The molecule has 0 unspecified atom stereocenters. The number of carbonyl (C=O) groups is 3. The molecule has 162 valence electrons. The van der Waals surface area contributed by atoms with Gasteiger partial charge in [-0.15, -0.1) is 0 Å². The van der Waals surface area contributed by atoms with Gasteiger partial charge < -0.3 is 10.6 Å². The fourth-order valence-electron chi connectivity index (χ4n) is 4.69. The number of rotatable bonds is 7. The van der Waals surface area contributed by atoms with Crippen LogP contribution in [0.2, 0.25) is 0 Å². The third-order valence-corrected chi connectivity index (χ3v) is 6.42. The predicted octanol–water partition coefficient (Wildman–Crippen LogP) is 3.58. The van der Waals surface area contributed by atoms with Crippen molar-refractivity contribution in [2.24, 2.45) is 0 Å². The average Bonchev–Trinajstić information content (AvgIpc) is 3.03. The number of urea groups is 1. The Balaban J connectivity index is 1.35. The Morgan fingerprint density at radius 1 is 0.935 bits per heavy atom. The molecule has 4 amide bonds. The zero-order valence-electron chi connectivity index (χ0n) is 17.7. The molecule has 2 aromatic carbocycles. The maximum absolute atomic E-state index is 12.9. The van der Waals surface area contributed by atoms with Crippen LogP contribution in [0, 0.1) is 0 Å². The van der Waals surface area contributed by atoms with Crippen molar-refractivity contribution in [2.45, 2.75) is 50.0 Å². The minimum absolute atomic E-state index is 0.0357. The molecule has 2 N–H and O–H groups in total. The van der Waals surface area contributed by atoms with E-state index < -0.39 is 5.54 Å². The molecule has 6 nitrogen and oxygen atoms in total. The van der Waals surface area contributed by atoms with Crippen LogP contribution in [0.25, 0.3) is 0 Å². The van der Waals surface area contributed by atoms with Gasteiger partial charge in [-0.1, -0.05) is 79.9 Å². The van der Waals surface area contributed by atoms with Crippen LogP contribution in [0.3, 0.4) is 0 Å². The highest BCUT2D eigenvalue weighted by molar-refractivity contribution is 6.07. The standard InChI is InChI=1S/C25H29N3O3/c29-22(14-17-28-23(30)25(27-24(28)31)15-8-3-9-16-25)26-18-21(19-10-4-1-5-11-19)20-12-6-2-7-13-20/h1-2,4-7,10-13,21H,3,8-9,14-18H2,(H,26,29)(H,27,31). The Hall–Kier alpha value is -3.15. The summed E-state index contributed by atoms with van der Waals surface area (Å²) < 4.78 is 0. The topological polar surface area (TPSA) is 78.5 Å². The number of carbonyl (C=O) groups excluding carboxylic acids is 3. The summed E-state index contributed by atoms with van der Waals surface area (Å²) in [7, 11) is 0. The number of benzene rings is 2. The van der Waals surface area contributed by atoms with Gasteiger partial charge in [-0.25, -0.2) is 4.79 Å². The fourth-order valence-corrected chi connectivity index (χ4v) is 4.69. The molecule has 2 aromatic rings. The molecule has 2 fully saturated rings. The first kappa shape index (κ1) is 21.1. The third-order valence-electron chi connectivity index (χ3n) is 6.42. The van der Waals surface area contributed by atoms with Crippen LogP contribution in [0.15, 0.2) is 60.7 Å². The third kappa shape index (κ3) is 4.63. The maximum atomic E-state index is 12.9. The second-order valence-electron chi connectivity index (χ2n) is 8.46. The van der Waals surface area contributed by atoms with E-state index in [1.165, 1.54) is 4.90 Å². The minimum atomic E-state index is -0.739. The molecule has 1 aliphatic heterocycles. The molecule has 1 heterocycles. The van der Waals surface area contributed by atoms with Crippen molar-refractivity contribution in [1.29, 1.82) is 0 Å². The lowest BCUT2D eigenvalue weighted by atomic mass is 9.82. The molecule has 0 aromatic heterocycles. The van der Waals surface area contributed by atoms with E-state index in [0.29, 0.717) is 19.4 Å². The fraction of sp³-hybridized carbons (Fsp3) is 0.400. The van der Waals surface area contributed by atoms with E-state index >= 15 is 0 Å². The molecule has 1 spiro atoms. The molecular weight excluding hydrogens is 390 g/mol. The molecular formula is C25H29N3O3. The van der Waals surface area contributed by atoms with Crippen LogP contribution in [-0.2, 0) is 9.59 Å². The lowest BCUT2D eigenvalue weighted by Crippen LogP contribution is -2.48. The van der Waals surface area contributed by atoms with Crippen molar-refractivity contribution in [3.05, 3.63) is 71.8 Å². The number of nitrogens with zero attached hydrogens (tertiary/aromatic N) is 1. The second-order valence-corrected chi connectivity index (χ2v) is 8.46. The van der Waals surface area contributed by atoms with E-state index in [2.05, 4.69) is 34.9 Å². The molecule has 0 atom stereocenters. The van der Waals surface area contributed by atoms with Crippen molar-refractivity contribution < 1.29 is 14.4 Å². The number of hydrogen-bond acceptors (Lipinski definition) is 3. The van der Waals surface area contributed by atoms with Crippen molar-refractivity contribution in [1.82, 2.24) is 15.5 Å². The monoisotopic (exact) mass is 419 g/mol. The van der Waals surface area contributed by atoms with E-state index in [1.54, 1.807) is 0 Å². The van der Waals surface area contributed by atoms with Gasteiger partial charge in [0, 0.05) is 25.4 Å². The molecule has 6 heteroatoms. The van der Waals surface area contributed by atoms with Crippen LogP contribution in [-0.4, -0.2) is 41.4 Å². The van der Waals surface area contributed by atoms with Gasteiger partial charge in [-0.3, -0.25) is 14.5 Å². The molecule has 1 saturated carbocycles. The van der Waals surface area contributed by atoms with Crippen LogP contribution < -0.4 is 10.6 Å². The summed E-state index contributed by atoms with van der Waals surface area (Å²) >= 11 is 0. The normalized spacial score (nSPS) is 17.8. The first-order valence-electron chi connectivity index (χ1n) is 11.1. The van der Waals surface area contributed by atoms with Crippen molar-refractivity contribution in [3.8, 4) is 0 Å². The van der Waals surface area contributed by atoms with Crippen LogP contribution >= 0.6 is 0 Å². The van der Waals surface area contributed by atoms with E-state index in [4.69, 9.17) is 0 Å². The molecule has 2 aliphatic rings. The highest BCUT2D eigenvalue weighted by Crippen LogP contribution is 2.33. The van der Waals surface area contributed by atoms with Crippen molar-refractivity contribution >= 4 is 17.8 Å². The summed E-state index contributed by atoms with van der Waals surface area (Å²) in [6.45, 7) is 0.566. The number of hydrogen-bond donors (Lipinski definition) is 2. The summed E-state index contributed by atoms with van der Waals surface area (Å²) in [5, 5.41) is 5.89. The quantitative estimate of drug-likeness (QED) is 0.674. The SMILES string of the molecule is O=C(CCN1C(=O)NC2(CCCCC2)C1=O)NCC(c1ccccc1)c1ccccc1. The maximum Gasteiger partial charge on any atom is 0.325 e. The predicted molar refractivity (Wildman–Crippen MR) is 118 cm³/mol. The zero-order valence-corrected chi connectivity index (χ0v) is 17.7. The van der Waals surface area contributed by atoms with Gasteiger partial charge in [0.2, 0.25) is 5.91 Å². The highest BCUT2D eigenvalue weighted by atomic mass is 16.2. The lowest BCUT2D eigenvalue weighted by molar-refractivity contribution is -0.132. The van der Waals surface area contributed by atoms with Crippen LogP contribution in [0.5, 0.6) is 0 Å². The average molecular weight is 420 g/mol. The van der Waals surface area contributed by atoms with Gasteiger partial charge >= 0.3 is 6.03 Å². The van der Waals surface area contributed by atoms with Gasteiger partial charge in [-0.05, 0) is 24.0 Å². The minimum Gasteiger partial charge on any atom is -0.355 e. The molecule has 1 aliphatic carbocycles. The lowest BCUT2D eigenvalue weighted by Gasteiger charge is -2.30. The van der Waals surface area contributed by atoms with E-state index in [0.717, 1.165) is 30.4 Å². The van der Waals surface area contributed by atoms with Gasteiger partial charge in [0.15, 0.2) is 0 Å². The molecule has 0 radical (unpaired) electrons. The van der Waals surface area contributed by atoms with Crippen LogP contribution in [0.4, 0.5) is 4.79 Å². The van der Waals surface area contributed by atoms with Gasteiger partial charge in [0.1, 0.15) is 5.54 Å². The summed E-state index contributed by atoms with van der Waals surface area (Å²) in [4.78, 5) is 39.0. The molecule has 1 saturated heterocycles. The van der Waals surface area contributed by atoms with Gasteiger partial charge in [0.25, 0.3) is 5.91 Å². The molecule has 4 rings (SSSR count). The summed E-state index contributed by atoms with van der Waals surface area (Å²) in [6, 6.07) is 19.8. The Kier molecular flexibility index (Phi) is 6.35. The first-order valence-corrected chi connectivity index (χ1v) is 11.1. The Morgan fingerprint density at radius 3 is 2.10 bits per heavy atom. The van der Waals surface area contributed by atoms with E-state index in [9.17, 15) is 14.4 Å². The Morgan fingerprint density at radius 2 is 1.52 bits per heavy atom. The number of amides is 4. The molecule has 31 heavy (non-hydrogen) atoms. The van der Waals surface area contributed by atoms with E-state index in [-0.39, 0.29) is 36.7 Å². The van der Waals surface area contributed by atoms with Crippen LogP contribution in [0.1, 0.15) is 55.6 Å². The number of imide groups is 1. The van der Waals surface area contributed by atoms with Gasteiger partial charge in [0.05, 0.1) is 0 Å². The Bertz CT molecular complexity index is 884. The van der Waals surface area contributed by atoms with Crippen molar-refractivity contribution in [2.75, 3.05) is 13.1 Å². The molecule has 0 bridgehead atoms. The number of nitrogens with one attached hydrogen (secondary N) is 2. The largest absolute Gasteiger partial charge is 0.355 e. The van der Waals surface area contributed by atoms with E-state index in [1.807, 2.05) is 36.4 Å². The second kappa shape index (κ2) is 9.33. The highest BCUT2D eigenvalue weighted by Gasteiger charge is 2.51. The summed E-state index contributed by atoms with van der Waals surface area (Å²) in [6.07, 6.45) is 4.47. The smallest absolute Gasteiger partial charge is 0.325 e. The first-order chi connectivity index (χ1) is 15.1. The zero-order chi connectivity index (χ0) is 21.7. The van der Waals surface area contributed by atoms with Gasteiger partial charge in [-0.2, -0.15) is 0 Å².